The Morgan fingerprint density at radius 3 is 3.15 bits per heavy atom. The third-order valence-corrected chi connectivity index (χ3v) is 3.38. The summed E-state index contributed by atoms with van der Waals surface area (Å²) >= 11 is 0. The molecule has 1 aliphatic heterocycles. The van der Waals surface area contributed by atoms with Gasteiger partial charge in [0.05, 0.1) is 13.7 Å². The molecule has 0 bridgehead atoms. The van der Waals surface area contributed by atoms with Gasteiger partial charge in [-0.1, -0.05) is 0 Å². The number of nitrogens with zero attached hydrogens (tertiary/aromatic N) is 2. The van der Waals surface area contributed by atoms with Gasteiger partial charge < -0.3 is 19.7 Å². The van der Waals surface area contributed by atoms with Crippen molar-refractivity contribution in [2.75, 3.05) is 38.7 Å². The zero-order chi connectivity index (χ0) is 14.4. The number of carbonyl (C=O) groups excluding carboxylic acids is 1. The van der Waals surface area contributed by atoms with Crippen molar-refractivity contribution in [3.05, 3.63) is 18.3 Å². The number of nitrogens with one attached hydrogen (secondary N) is 1. The maximum absolute atomic E-state index is 12.3. The van der Waals surface area contributed by atoms with Gasteiger partial charge >= 0.3 is 6.03 Å². The molecule has 2 amide bonds. The van der Waals surface area contributed by atoms with E-state index in [1.165, 1.54) is 7.11 Å². The Morgan fingerprint density at radius 2 is 2.50 bits per heavy atom. The summed E-state index contributed by atoms with van der Waals surface area (Å²) < 4.78 is 10.5. The first kappa shape index (κ1) is 14.6. The summed E-state index contributed by atoms with van der Waals surface area (Å²) in [5.41, 5.74) is 0.584. The summed E-state index contributed by atoms with van der Waals surface area (Å²) in [6.07, 6.45) is 2.64. The molecule has 1 saturated heterocycles. The number of rotatable bonds is 5. The first-order chi connectivity index (χ1) is 9.74. The molecule has 20 heavy (non-hydrogen) atoms. The van der Waals surface area contributed by atoms with Gasteiger partial charge in [-0.3, -0.25) is 0 Å². The molecule has 1 N–H and O–H groups in total. The summed E-state index contributed by atoms with van der Waals surface area (Å²) in [5.74, 6) is 0.845. The van der Waals surface area contributed by atoms with Crippen LogP contribution in [0.15, 0.2) is 18.3 Å². The largest absolute Gasteiger partial charge is 0.480 e. The second-order valence-electron chi connectivity index (χ2n) is 4.76. The van der Waals surface area contributed by atoms with E-state index in [9.17, 15) is 4.79 Å². The van der Waals surface area contributed by atoms with E-state index in [4.69, 9.17) is 9.47 Å². The quantitative estimate of drug-likeness (QED) is 0.895. The molecular formula is C14H21N3O3. The normalized spacial score (nSPS) is 17.8. The van der Waals surface area contributed by atoms with Crippen LogP contribution in [0.2, 0.25) is 0 Å². The molecule has 1 aliphatic rings. The Hall–Kier alpha value is -1.82. The second-order valence-corrected chi connectivity index (χ2v) is 4.76. The number of amides is 2. The first-order valence-corrected chi connectivity index (χ1v) is 6.87. The predicted octanol–water partition coefficient (Wildman–Crippen LogP) is 1.98. The Bertz CT molecular complexity index is 447. The smallest absolute Gasteiger partial charge is 0.321 e. The molecule has 0 aliphatic carbocycles. The molecule has 2 heterocycles. The van der Waals surface area contributed by atoms with Crippen LogP contribution in [0.1, 0.15) is 13.3 Å². The minimum atomic E-state index is -0.134. The minimum absolute atomic E-state index is 0.134. The van der Waals surface area contributed by atoms with E-state index in [2.05, 4.69) is 10.3 Å². The summed E-state index contributed by atoms with van der Waals surface area (Å²) in [6, 6.07) is 3.40. The van der Waals surface area contributed by atoms with E-state index in [0.29, 0.717) is 30.6 Å². The Balaban J connectivity index is 1.97. The van der Waals surface area contributed by atoms with E-state index < -0.39 is 0 Å². The van der Waals surface area contributed by atoms with E-state index in [0.717, 1.165) is 19.6 Å². The number of aromatic nitrogens is 1. The standard InChI is InChI=1S/C14H21N3O3/c1-3-17(9-11-6-8-20-10-11)14(18)16-12-5-4-7-15-13(12)19-2/h4-5,7,11H,3,6,8-10H2,1-2H3,(H,16,18)/t11-/m0/s1. The van der Waals surface area contributed by atoms with Gasteiger partial charge in [-0.05, 0) is 25.5 Å². The zero-order valence-corrected chi connectivity index (χ0v) is 12.0. The van der Waals surface area contributed by atoms with Crippen LogP contribution in [0.4, 0.5) is 10.5 Å². The number of urea groups is 1. The second kappa shape index (κ2) is 7.09. The number of pyridine rings is 1. The van der Waals surface area contributed by atoms with Gasteiger partial charge in [-0.25, -0.2) is 9.78 Å². The SMILES string of the molecule is CCN(C[C@@H]1CCOC1)C(=O)Nc1cccnc1OC. The lowest BCUT2D eigenvalue weighted by molar-refractivity contribution is 0.171. The van der Waals surface area contributed by atoms with E-state index >= 15 is 0 Å². The third kappa shape index (κ3) is 3.60. The number of methoxy groups -OCH3 is 1. The highest BCUT2D eigenvalue weighted by molar-refractivity contribution is 5.90. The minimum Gasteiger partial charge on any atom is -0.480 e. The maximum atomic E-state index is 12.3. The highest BCUT2D eigenvalue weighted by atomic mass is 16.5. The lowest BCUT2D eigenvalue weighted by Gasteiger charge is -2.24. The van der Waals surface area contributed by atoms with E-state index in [1.807, 2.05) is 6.92 Å². The summed E-state index contributed by atoms with van der Waals surface area (Å²) in [4.78, 5) is 18.1. The van der Waals surface area contributed by atoms with Gasteiger partial charge in [-0.2, -0.15) is 0 Å². The first-order valence-electron chi connectivity index (χ1n) is 6.87. The zero-order valence-electron chi connectivity index (χ0n) is 12.0. The molecule has 1 aromatic heterocycles. The van der Waals surface area contributed by atoms with Crippen LogP contribution >= 0.6 is 0 Å². The molecule has 0 radical (unpaired) electrons. The molecule has 1 atom stereocenters. The number of ether oxygens (including phenoxy) is 2. The van der Waals surface area contributed by atoms with Gasteiger partial charge in [0.1, 0.15) is 5.69 Å². The maximum Gasteiger partial charge on any atom is 0.321 e. The van der Waals surface area contributed by atoms with Gasteiger partial charge in [-0.15, -0.1) is 0 Å². The Kier molecular flexibility index (Phi) is 5.17. The summed E-state index contributed by atoms with van der Waals surface area (Å²) in [5, 5.41) is 2.85. The van der Waals surface area contributed by atoms with Crippen LogP contribution in [0.5, 0.6) is 5.88 Å². The molecule has 0 spiro atoms. The molecule has 110 valence electrons. The molecule has 0 aromatic carbocycles. The Labute approximate surface area is 119 Å². The van der Waals surface area contributed by atoms with Crippen LogP contribution in [0.25, 0.3) is 0 Å². The van der Waals surface area contributed by atoms with Gasteiger partial charge in [0.15, 0.2) is 0 Å². The van der Waals surface area contributed by atoms with Crippen molar-refractivity contribution < 1.29 is 14.3 Å². The topological polar surface area (TPSA) is 63.7 Å². The highest BCUT2D eigenvalue weighted by Gasteiger charge is 2.22. The lowest BCUT2D eigenvalue weighted by Crippen LogP contribution is -2.38. The lowest BCUT2D eigenvalue weighted by atomic mass is 10.1. The van der Waals surface area contributed by atoms with Crippen LogP contribution in [0.3, 0.4) is 0 Å². The number of anilines is 1. The Morgan fingerprint density at radius 1 is 1.65 bits per heavy atom. The van der Waals surface area contributed by atoms with Crippen molar-refractivity contribution in [1.82, 2.24) is 9.88 Å². The van der Waals surface area contributed by atoms with Crippen molar-refractivity contribution in [2.45, 2.75) is 13.3 Å². The monoisotopic (exact) mass is 279 g/mol. The summed E-state index contributed by atoms with van der Waals surface area (Å²) in [6.45, 7) is 4.87. The third-order valence-electron chi connectivity index (χ3n) is 3.38. The van der Waals surface area contributed by atoms with Crippen molar-refractivity contribution >= 4 is 11.7 Å². The average molecular weight is 279 g/mol. The van der Waals surface area contributed by atoms with Gasteiger partial charge in [0.25, 0.3) is 0 Å². The van der Waals surface area contributed by atoms with Crippen LogP contribution < -0.4 is 10.1 Å². The van der Waals surface area contributed by atoms with E-state index in [-0.39, 0.29) is 6.03 Å². The van der Waals surface area contributed by atoms with Crippen molar-refractivity contribution in [2.24, 2.45) is 5.92 Å². The predicted molar refractivity (Wildman–Crippen MR) is 76.0 cm³/mol. The fraction of sp³-hybridized carbons (Fsp3) is 0.571. The average Bonchev–Trinajstić information content (AvgIpc) is 2.98. The fourth-order valence-corrected chi connectivity index (χ4v) is 2.24. The molecule has 0 saturated carbocycles. The molecular weight excluding hydrogens is 258 g/mol. The van der Waals surface area contributed by atoms with Crippen LogP contribution in [-0.2, 0) is 4.74 Å². The van der Waals surface area contributed by atoms with Crippen LogP contribution in [0, 0.1) is 5.92 Å². The highest BCUT2D eigenvalue weighted by Crippen LogP contribution is 2.21. The fourth-order valence-electron chi connectivity index (χ4n) is 2.24. The number of hydrogen-bond acceptors (Lipinski definition) is 4. The molecule has 0 unspecified atom stereocenters. The molecule has 1 aromatic rings. The van der Waals surface area contributed by atoms with Gasteiger partial charge in [0, 0.05) is 31.8 Å². The molecule has 2 rings (SSSR count). The van der Waals surface area contributed by atoms with Crippen molar-refractivity contribution in [3.63, 3.8) is 0 Å². The molecule has 6 heteroatoms. The molecule has 6 nitrogen and oxygen atoms in total. The van der Waals surface area contributed by atoms with Crippen LogP contribution in [-0.4, -0.2) is 49.3 Å². The van der Waals surface area contributed by atoms with Crippen molar-refractivity contribution in [1.29, 1.82) is 0 Å². The summed E-state index contributed by atoms with van der Waals surface area (Å²) in [7, 11) is 1.53. The number of carbonyl (C=O) groups is 1. The number of hydrogen-bond donors (Lipinski definition) is 1. The molecule has 1 fully saturated rings. The van der Waals surface area contributed by atoms with E-state index in [1.54, 1.807) is 23.2 Å². The van der Waals surface area contributed by atoms with Crippen molar-refractivity contribution in [3.8, 4) is 5.88 Å². The van der Waals surface area contributed by atoms with Gasteiger partial charge in [0.2, 0.25) is 5.88 Å².